The van der Waals surface area contributed by atoms with Crippen LogP contribution in [0.15, 0.2) is 121 Å². The molecule has 0 unspecified atom stereocenters. The molecule has 8 aromatic rings. The molecule has 0 saturated heterocycles. The van der Waals surface area contributed by atoms with Gasteiger partial charge in [-0.25, -0.2) is 0 Å². The van der Waals surface area contributed by atoms with Crippen molar-refractivity contribution in [2.75, 3.05) is 0 Å². The Morgan fingerprint density at radius 3 is 1.84 bits per heavy atom. The van der Waals surface area contributed by atoms with Crippen LogP contribution in [0.3, 0.4) is 0 Å². The lowest BCUT2D eigenvalue weighted by Crippen LogP contribution is -2.58. The van der Waals surface area contributed by atoms with Crippen LogP contribution in [0.5, 0.6) is 11.5 Å². The Bertz CT molecular complexity index is 2470. The van der Waals surface area contributed by atoms with E-state index in [2.05, 4.69) is 151 Å². The van der Waals surface area contributed by atoms with E-state index in [0.717, 1.165) is 11.5 Å². The lowest BCUT2D eigenvalue weighted by atomic mass is 9.34. The quantitative estimate of drug-likeness (QED) is 0.184. The third-order valence-electron chi connectivity index (χ3n) is 9.89. The van der Waals surface area contributed by atoms with Crippen LogP contribution in [-0.2, 0) is 5.41 Å². The van der Waals surface area contributed by atoms with Crippen molar-refractivity contribution in [3.63, 3.8) is 0 Å². The van der Waals surface area contributed by atoms with Crippen molar-refractivity contribution < 1.29 is 4.74 Å². The zero-order valence-corrected chi connectivity index (χ0v) is 24.9. The van der Waals surface area contributed by atoms with Crippen LogP contribution in [0, 0.1) is 0 Å². The molecular formula is C40H29BN2O. The molecule has 10 rings (SSSR count). The highest BCUT2D eigenvalue weighted by Crippen LogP contribution is 2.44. The zero-order chi connectivity index (χ0) is 29.3. The molecule has 0 aliphatic carbocycles. The molecule has 0 amide bonds. The topological polar surface area (TPSA) is 19.1 Å². The zero-order valence-electron chi connectivity index (χ0n) is 24.9. The monoisotopic (exact) mass is 564 g/mol. The van der Waals surface area contributed by atoms with Gasteiger partial charge in [-0.3, -0.25) is 0 Å². The fourth-order valence-electron chi connectivity index (χ4n) is 8.04. The van der Waals surface area contributed by atoms with E-state index >= 15 is 0 Å². The molecule has 0 N–H and O–H groups in total. The average molecular weight is 564 g/mol. The Labute approximate surface area is 256 Å². The number of rotatable bonds is 1. The fraction of sp³-hybridized carbons (Fsp3) is 0.100. The molecule has 4 heteroatoms. The third-order valence-corrected chi connectivity index (χ3v) is 9.89. The minimum absolute atomic E-state index is 0.0552. The van der Waals surface area contributed by atoms with Crippen molar-refractivity contribution in [1.29, 1.82) is 0 Å². The van der Waals surface area contributed by atoms with Gasteiger partial charge < -0.3 is 13.9 Å². The first-order valence-corrected chi connectivity index (χ1v) is 15.5. The van der Waals surface area contributed by atoms with Crippen molar-refractivity contribution in [2.45, 2.75) is 26.2 Å². The normalized spacial score (nSPS) is 13.5. The Hall–Kier alpha value is -5.22. The van der Waals surface area contributed by atoms with Gasteiger partial charge in [0.05, 0.1) is 22.1 Å². The number of ether oxygens (including phenoxy) is 1. The van der Waals surface area contributed by atoms with Gasteiger partial charge in [-0.2, -0.15) is 0 Å². The van der Waals surface area contributed by atoms with Crippen LogP contribution in [0.4, 0.5) is 0 Å². The molecule has 2 aliphatic rings. The van der Waals surface area contributed by atoms with Crippen LogP contribution >= 0.6 is 0 Å². The Morgan fingerprint density at radius 1 is 0.568 bits per heavy atom. The van der Waals surface area contributed by atoms with E-state index in [0.29, 0.717) is 0 Å². The maximum atomic E-state index is 6.91. The standard InChI is InChI=1S/C40H29BN2O/c1-40(2,3)29-23-28-27-14-6-10-18-34(27)43-35-21-20-24(42-32-16-8-4-12-25(32)26-13-5-9-17-33(26)42)22-31(35)41-30-15-7-11-19-36(30)44-39(29)37(41)38(28)43/h4-23H,1-3H3. The number of hydrogen-bond donors (Lipinski definition) is 0. The van der Waals surface area contributed by atoms with E-state index in [1.54, 1.807) is 0 Å². The van der Waals surface area contributed by atoms with Crippen LogP contribution in [0.2, 0.25) is 0 Å². The molecule has 0 spiro atoms. The molecule has 2 aromatic heterocycles. The van der Waals surface area contributed by atoms with Gasteiger partial charge in [-0.05, 0) is 70.3 Å². The molecule has 0 atom stereocenters. The molecule has 6 aromatic carbocycles. The summed E-state index contributed by atoms with van der Waals surface area (Å²) in [5.41, 5.74) is 12.4. The molecule has 44 heavy (non-hydrogen) atoms. The summed E-state index contributed by atoms with van der Waals surface area (Å²) in [6.07, 6.45) is 0. The summed E-state index contributed by atoms with van der Waals surface area (Å²) in [5.74, 6) is 1.97. The second-order valence-corrected chi connectivity index (χ2v) is 13.4. The van der Waals surface area contributed by atoms with Crippen molar-refractivity contribution >= 4 is 66.7 Å². The first-order chi connectivity index (χ1) is 21.5. The molecular weight excluding hydrogens is 535 g/mol. The van der Waals surface area contributed by atoms with E-state index in [4.69, 9.17) is 4.74 Å². The van der Waals surface area contributed by atoms with Gasteiger partial charge in [0, 0.05) is 38.5 Å². The maximum Gasteiger partial charge on any atom is 0.256 e. The number of benzene rings is 6. The van der Waals surface area contributed by atoms with Crippen molar-refractivity contribution in [3.8, 4) is 22.9 Å². The fourth-order valence-corrected chi connectivity index (χ4v) is 8.04. The van der Waals surface area contributed by atoms with Gasteiger partial charge in [-0.1, -0.05) is 93.6 Å². The van der Waals surface area contributed by atoms with Crippen LogP contribution in [0.25, 0.3) is 55.0 Å². The highest BCUT2D eigenvalue weighted by Gasteiger charge is 2.42. The first kappa shape index (κ1) is 24.3. The number of hydrogen-bond acceptors (Lipinski definition) is 1. The van der Waals surface area contributed by atoms with Crippen molar-refractivity contribution in [3.05, 3.63) is 127 Å². The second kappa shape index (κ2) is 8.24. The highest BCUT2D eigenvalue weighted by atomic mass is 16.5. The van der Waals surface area contributed by atoms with Gasteiger partial charge >= 0.3 is 0 Å². The summed E-state index contributed by atoms with van der Waals surface area (Å²) in [7, 11) is 0. The predicted octanol–water partition coefficient (Wildman–Crippen LogP) is 8.11. The van der Waals surface area contributed by atoms with Gasteiger partial charge in [-0.15, -0.1) is 0 Å². The van der Waals surface area contributed by atoms with E-state index in [9.17, 15) is 0 Å². The minimum atomic E-state index is -0.0921. The molecule has 0 fully saturated rings. The van der Waals surface area contributed by atoms with Crippen LogP contribution in [-0.4, -0.2) is 15.8 Å². The summed E-state index contributed by atoms with van der Waals surface area (Å²) in [6.45, 7) is 6.95. The van der Waals surface area contributed by atoms with Crippen molar-refractivity contribution in [1.82, 2.24) is 9.13 Å². The van der Waals surface area contributed by atoms with Gasteiger partial charge in [0.25, 0.3) is 6.71 Å². The lowest BCUT2D eigenvalue weighted by Gasteiger charge is -2.36. The van der Waals surface area contributed by atoms with E-state index in [1.165, 1.54) is 76.9 Å². The number of aromatic nitrogens is 2. The third kappa shape index (κ3) is 2.98. The molecule has 0 radical (unpaired) electrons. The largest absolute Gasteiger partial charge is 0.458 e. The molecule has 2 aliphatic heterocycles. The molecule has 4 heterocycles. The summed E-state index contributed by atoms with van der Waals surface area (Å²) in [6, 6.07) is 44.5. The first-order valence-electron chi connectivity index (χ1n) is 15.5. The smallest absolute Gasteiger partial charge is 0.256 e. The van der Waals surface area contributed by atoms with Crippen molar-refractivity contribution in [2.24, 2.45) is 0 Å². The van der Waals surface area contributed by atoms with Crippen LogP contribution in [0.1, 0.15) is 26.3 Å². The number of para-hydroxylation sites is 4. The Morgan fingerprint density at radius 2 is 1.16 bits per heavy atom. The number of fused-ring (bicyclic) bond motifs is 11. The lowest BCUT2D eigenvalue weighted by molar-refractivity contribution is 0.460. The van der Waals surface area contributed by atoms with Gasteiger partial charge in [0.15, 0.2) is 0 Å². The van der Waals surface area contributed by atoms with E-state index in [1.807, 2.05) is 0 Å². The molecule has 0 bridgehead atoms. The Balaban J connectivity index is 1.38. The maximum absolute atomic E-state index is 6.91. The summed E-state index contributed by atoms with van der Waals surface area (Å²) in [5, 5.41) is 5.14. The minimum Gasteiger partial charge on any atom is -0.458 e. The Kier molecular flexibility index (Phi) is 4.54. The van der Waals surface area contributed by atoms with E-state index < -0.39 is 0 Å². The summed E-state index contributed by atoms with van der Waals surface area (Å²) < 4.78 is 11.8. The van der Waals surface area contributed by atoms with Gasteiger partial charge in [0.2, 0.25) is 0 Å². The predicted molar refractivity (Wildman–Crippen MR) is 185 cm³/mol. The summed E-state index contributed by atoms with van der Waals surface area (Å²) in [4.78, 5) is 0. The summed E-state index contributed by atoms with van der Waals surface area (Å²) >= 11 is 0. The number of nitrogens with zero attached hydrogens (tertiary/aromatic N) is 2. The van der Waals surface area contributed by atoms with E-state index in [-0.39, 0.29) is 12.1 Å². The molecule has 0 saturated carbocycles. The SMILES string of the molecule is CC(C)(C)c1cc2c3ccccc3n3c2c2c1Oc1ccccc1B2c1cc(-n2c4ccccc4c4ccccc42)ccc1-3. The molecule has 3 nitrogen and oxygen atoms in total. The second-order valence-electron chi connectivity index (χ2n) is 13.4. The highest BCUT2D eigenvalue weighted by molar-refractivity contribution is 6.99. The molecule has 208 valence electrons. The van der Waals surface area contributed by atoms with Crippen LogP contribution < -0.4 is 21.1 Å². The average Bonchev–Trinajstić information content (AvgIpc) is 3.56. The van der Waals surface area contributed by atoms with Gasteiger partial charge in [0.1, 0.15) is 11.5 Å².